The number of benzene rings is 3. The van der Waals surface area contributed by atoms with E-state index in [0.717, 1.165) is 0 Å². The van der Waals surface area contributed by atoms with Gasteiger partial charge in [0.2, 0.25) is 0 Å². The number of fused-ring (bicyclic) bond motifs is 3. The van der Waals surface area contributed by atoms with Crippen molar-refractivity contribution in [2.75, 3.05) is 0 Å². The molecule has 6 rings (SSSR count). The Hall–Kier alpha value is -2.12. The molecule has 3 aromatic rings. The Morgan fingerprint density at radius 1 is 0.667 bits per heavy atom. The molecular weight excluding hydrogens is 707 g/mol. The molecule has 238 valence electrons. The monoisotopic (exact) mass is 766 g/mol. The second-order valence-corrected chi connectivity index (χ2v) is 43.1. The molecule has 0 heterocycles. The van der Waals surface area contributed by atoms with Gasteiger partial charge in [0.25, 0.3) is 0 Å². The van der Waals surface area contributed by atoms with Gasteiger partial charge in [0, 0.05) is 0 Å². The topological polar surface area (TPSA) is 0 Å². The van der Waals surface area contributed by atoms with Crippen LogP contribution in [0.3, 0.4) is 0 Å². The van der Waals surface area contributed by atoms with Crippen LogP contribution in [0.25, 0.3) is 11.1 Å². The zero-order valence-corrected chi connectivity index (χ0v) is 33.5. The summed E-state index contributed by atoms with van der Waals surface area (Å²) >= 11 is -4.34. The molecule has 3 aliphatic carbocycles. The molecule has 0 bridgehead atoms. The van der Waals surface area contributed by atoms with Crippen LogP contribution in [0.1, 0.15) is 130 Å². The van der Waals surface area contributed by atoms with Crippen LogP contribution in [0.4, 0.5) is 0 Å². The Balaban J connectivity index is 1.78. The van der Waals surface area contributed by atoms with Crippen molar-refractivity contribution < 1.29 is 18.0 Å². The first-order chi connectivity index (χ1) is 21.1. The molecule has 0 radical (unpaired) electrons. The third kappa shape index (κ3) is 5.62. The summed E-state index contributed by atoms with van der Waals surface area (Å²) in [5.74, 6) is 1.21. The van der Waals surface area contributed by atoms with Crippen molar-refractivity contribution in [1.82, 2.24) is 0 Å². The van der Waals surface area contributed by atoms with E-state index in [1.54, 1.807) is 16.7 Å². The van der Waals surface area contributed by atoms with Crippen molar-refractivity contribution in [3.8, 4) is 11.1 Å². The van der Waals surface area contributed by atoms with Crippen molar-refractivity contribution in [2.24, 2.45) is 5.92 Å². The molecule has 1 fully saturated rings. The van der Waals surface area contributed by atoms with Gasteiger partial charge in [-0.25, -0.2) is 0 Å². The summed E-state index contributed by atoms with van der Waals surface area (Å²) in [6.07, 6.45) is 16.7. The fraction of sp³-hybridized carbons (Fsp3) is 0.477. The molecular formula is C44H58Hf. The van der Waals surface area contributed by atoms with E-state index < -0.39 is 18.0 Å². The molecule has 0 amide bonds. The van der Waals surface area contributed by atoms with Crippen LogP contribution in [0.2, 0.25) is 13.0 Å². The van der Waals surface area contributed by atoms with Crippen LogP contribution >= 0.6 is 0 Å². The Morgan fingerprint density at radius 2 is 1.16 bits per heavy atom. The molecule has 0 nitrogen and oxygen atoms in total. The third-order valence-corrected chi connectivity index (χ3v) is 38.1. The Labute approximate surface area is 276 Å². The van der Waals surface area contributed by atoms with Crippen molar-refractivity contribution in [2.45, 2.75) is 121 Å². The number of allylic oxidation sites excluding steroid dienone is 4. The minimum absolute atomic E-state index is 0.106. The van der Waals surface area contributed by atoms with E-state index >= 15 is 0 Å². The van der Waals surface area contributed by atoms with Gasteiger partial charge in [-0.3, -0.25) is 0 Å². The van der Waals surface area contributed by atoms with Crippen LogP contribution in [-0.2, 0) is 28.8 Å². The summed E-state index contributed by atoms with van der Waals surface area (Å²) in [6.45, 7) is 18.9. The van der Waals surface area contributed by atoms with Crippen molar-refractivity contribution in [3.63, 3.8) is 0 Å². The maximum atomic E-state index is 2.89. The Bertz CT molecular complexity index is 1640. The summed E-state index contributed by atoms with van der Waals surface area (Å²) in [7, 11) is 0. The van der Waals surface area contributed by atoms with E-state index in [1.807, 2.05) is 3.26 Å². The summed E-state index contributed by atoms with van der Waals surface area (Å²) in [5.41, 5.74) is 12.3. The molecule has 0 spiro atoms. The summed E-state index contributed by atoms with van der Waals surface area (Å²) in [4.78, 5) is 0. The van der Waals surface area contributed by atoms with Crippen molar-refractivity contribution in [1.29, 1.82) is 0 Å². The molecule has 3 aromatic carbocycles. The molecule has 1 heteroatoms. The van der Waals surface area contributed by atoms with Crippen LogP contribution in [-0.4, -0.2) is 3.26 Å². The zero-order chi connectivity index (χ0) is 32.4. The third-order valence-electron chi connectivity index (χ3n) is 12.2. The quantitative estimate of drug-likeness (QED) is 0.227. The zero-order valence-electron chi connectivity index (χ0n) is 29.9. The first-order valence-electron chi connectivity index (χ1n) is 17.9. The van der Waals surface area contributed by atoms with Gasteiger partial charge in [0.1, 0.15) is 0 Å². The molecule has 3 aliphatic rings. The van der Waals surface area contributed by atoms with Gasteiger partial charge >= 0.3 is 278 Å². The van der Waals surface area contributed by atoms with Crippen molar-refractivity contribution >= 4 is 3.26 Å². The summed E-state index contributed by atoms with van der Waals surface area (Å²) in [5, 5.41) is 0. The molecule has 0 aromatic heterocycles. The summed E-state index contributed by atoms with van der Waals surface area (Å²) in [6, 6.07) is 25.1. The molecule has 0 atom stereocenters. The maximum absolute atomic E-state index is 4.34. The van der Waals surface area contributed by atoms with E-state index in [1.165, 1.54) is 59.9 Å². The molecule has 45 heavy (non-hydrogen) atoms. The fourth-order valence-corrected chi connectivity index (χ4v) is 36.4. The molecule has 0 unspecified atom stereocenters. The van der Waals surface area contributed by atoms with Gasteiger partial charge in [0.05, 0.1) is 0 Å². The normalized spacial score (nSPS) is 18.1. The molecule has 1 saturated carbocycles. The average Bonchev–Trinajstić information content (AvgIpc) is 3.65. The van der Waals surface area contributed by atoms with Crippen molar-refractivity contribution in [3.05, 3.63) is 118 Å². The van der Waals surface area contributed by atoms with Gasteiger partial charge in [-0.2, -0.15) is 0 Å². The van der Waals surface area contributed by atoms with Crippen LogP contribution in [0, 0.1) is 5.92 Å². The van der Waals surface area contributed by atoms with Crippen LogP contribution < -0.4 is 0 Å². The van der Waals surface area contributed by atoms with E-state index in [4.69, 9.17) is 0 Å². The first-order valence-corrected chi connectivity index (χ1v) is 31.0. The predicted octanol–water partition coefficient (Wildman–Crippen LogP) is 13.0. The number of hydrogen-bond acceptors (Lipinski definition) is 0. The van der Waals surface area contributed by atoms with Gasteiger partial charge < -0.3 is 0 Å². The van der Waals surface area contributed by atoms with Gasteiger partial charge in [-0.1, -0.05) is 0 Å². The Morgan fingerprint density at radius 3 is 1.60 bits per heavy atom. The van der Waals surface area contributed by atoms with E-state index in [2.05, 4.69) is 150 Å². The summed E-state index contributed by atoms with van der Waals surface area (Å²) < 4.78 is 8.62. The number of hydrogen-bond donors (Lipinski definition) is 0. The van der Waals surface area contributed by atoms with Gasteiger partial charge in [-0.05, 0) is 0 Å². The fourth-order valence-electron chi connectivity index (χ4n) is 9.48. The van der Waals surface area contributed by atoms with E-state index in [0.29, 0.717) is 19.2 Å². The van der Waals surface area contributed by atoms with Gasteiger partial charge in [-0.15, -0.1) is 0 Å². The van der Waals surface area contributed by atoms with Gasteiger partial charge in [0.15, 0.2) is 0 Å². The first kappa shape index (κ1) is 32.8. The average molecular weight is 765 g/mol. The molecule has 0 N–H and O–H groups in total. The minimum atomic E-state index is -4.34. The van der Waals surface area contributed by atoms with Crippen LogP contribution in [0.5, 0.6) is 0 Å². The molecule has 0 aliphatic heterocycles. The van der Waals surface area contributed by atoms with Crippen LogP contribution in [0.15, 0.2) is 85.0 Å². The van der Waals surface area contributed by atoms with E-state index in [-0.39, 0.29) is 10.8 Å². The second kappa shape index (κ2) is 11.5. The van der Waals surface area contributed by atoms with E-state index in [9.17, 15) is 0 Å². The second-order valence-electron chi connectivity index (χ2n) is 18.0. The molecule has 0 saturated heterocycles. The standard InChI is InChI=1S/C21H25.C16H22.C5H5.2CH3.Hf/c1-20(2,3)16-7-9-18-14(12-16)11-15-13-17(21(4,5)6)8-10-19(15)18;1-13(2)16-10-8-15(9-11-16)12-14-6-4-3-5-7-14;1-2-4-5-3-1;;;/h7-13H,1-6H3;8-11,13-14H,3-7H2,1-2H3;1-5H;2*1H3;. The SMILES string of the molecule is CC(C)c1ccc([C](C2CCCCC2)=[Hf]([CH3])([CH3])([CH]2C=CC=C2)[CH]2c3cc(C(C)(C)C)ccc3-c3ccc(C(C)(C)C)cc32)cc1. The number of rotatable bonds is 5. The predicted molar refractivity (Wildman–Crippen MR) is 196 cm³/mol. The Kier molecular flexibility index (Phi) is 8.41.